The van der Waals surface area contributed by atoms with Crippen molar-refractivity contribution in [3.63, 3.8) is 0 Å². The summed E-state index contributed by atoms with van der Waals surface area (Å²) in [4.78, 5) is 23.6. The van der Waals surface area contributed by atoms with E-state index in [-0.39, 0.29) is 11.8 Å². The molecular weight excluding hydrogens is 178 g/mol. The van der Waals surface area contributed by atoms with Crippen molar-refractivity contribution in [3.05, 3.63) is 0 Å². The molecule has 0 bridgehead atoms. The third-order valence-electron chi connectivity index (χ3n) is 2.12. The van der Waals surface area contributed by atoms with Crippen molar-refractivity contribution < 1.29 is 9.59 Å². The average Bonchev–Trinajstić information content (AvgIpc) is 2.48. The molecule has 0 unspecified atom stereocenters. The van der Waals surface area contributed by atoms with Crippen molar-refractivity contribution in [2.75, 3.05) is 6.54 Å². The van der Waals surface area contributed by atoms with Crippen LogP contribution in [0.5, 0.6) is 0 Å². The smallest absolute Gasteiger partial charge is 0.229 e. The average molecular weight is 193 g/mol. The van der Waals surface area contributed by atoms with Crippen molar-refractivity contribution >= 4 is 11.8 Å². The summed E-state index contributed by atoms with van der Waals surface area (Å²) in [5.41, 5.74) is 0. The highest BCUT2D eigenvalue weighted by Gasteiger charge is 2.27. The Bertz CT molecular complexity index is 269. The van der Waals surface area contributed by atoms with Gasteiger partial charge in [0.2, 0.25) is 11.8 Å². The van der Waals surface area contributed by atoms with Gasteiger partial charge in [-0.2, -0.15) is 0 Å². The zero-order valence-corrected chi connectivity index (χ0v) is 8.51. The van der Waals surface area contributed by atoms with E-state index in [1.807, 2.05) is 0 Å². The third kappa shape index (κ3) is 2.88. The first-order chi connectivity index (χ1) is 6.75. The quantitative estimate of drug-likeness (QED) is 0.501. The van der Waals surface area contributed by atoms with E-state index < -0.39 is 0 Å². The fourth-order valence-electron chi connectivity index (χ4n) is 1.34. The lowest BCUT2D eigenvalue weighted by molar-refractivity contribution is -0.138. The number of unbranched alkanes of at least 4 members (excludes halogenated alkanes) is 1. The molecule has 0 atom stereocenters. The van der Waals surface area contributed by atoms with E-state index in [1.165, 1.54) is 4.90 Å². The molecule has 0 aromatic rings. The SMILES string of the molecule is CCCC#CCCN1C(=O)CCC1=O. The van der Waals surface area contributed by atoms with Gasteiger partial charge in [-0.05, 0) is 6.42 Å². The summed E-state index contributed by atoms with van der Waals surface area (Å²) >= 11 is 0. The number of carbonyl (C=O) groups is 2. The first kappa shape index (κ1) is 10.8. The van der Waals surface area contributed by atoms with Crippen molar-refractivity contribution in [3.8, 4) is 11.8 Å². The number of carbonyl (C=O) groups excluding carboxylic acids is 2. The second-order valence-electron chi connectivity index (χ2n) is 3.29. The number of hydrogen-bond acceptors (Lipinski definition) is 2. The van der Waals surface area contributed by atoms with Crippen LogP contribution in [0, 0.1) is 11.8 Å². The number of imide groups is 1. The van der Waals surface area contributed by atoms with E-state index in [0.29, 0.717) is 25.8 Å². The van der Waals surface area contributed by atoms with Gasteiger partial charge in [0.1, 0.15) is 0 Å². The van der Waals surface area contributed by atoms with Crippen molar-refractivity contribution in [2.45, 2.75) is 39.0 Å². The second kappa shape index (κ2) is 5.43. The molecule has 0 N–H and O–H groups in total. The third-order valence-corrected chi connectivity index (χ3v) is 2.12. The standard InChI is InChI=1S/C11H15NO2/c1-2-3-4-5-6-9-12-10(13)7-8-11(12)14/h2-3,6-9H2,1H3. The number of rotatable bonds is 3. The van der Waals surface area contributed by atoms with Crippen molar-refractivity contribution in [1.82, 2.24) is 4.90 Å². The summed E-state index contributed by atoms with van der Waals surface area (Å²) in [6.07, 6.45) is 3.30. The highest BCUT2D eigenvalue weighted by Crippen LogP contribution is 2.11. The molecule has 1 heterocycles. The lowest BCUT2D eigenvalue weighted by Gasteiger charge is -2.10. The summed E-state index contributed by atoms with van der Waals surface area (Å²) in [6.45, 7) is 2.54. The Morgan fingerprint density at radius 3 is 2.29 bits per heavy atom. The van der Waals surface area contributed by atoms with Crippen LogP contribution in [-0.2, 0) is 9.59 Å². The summed E-state index contributed by atoms with van der Waals surface area (Å²) in [5.74, 6) is 5.85. The molecule has 1 saturated heterocycles. The number of hydrogen-bond donors (Lipinski definition) is 0. The summed E-state index contributed by atoms with van der Waals surface area (Å²) < 4.78 is 0. The Morgan fingerprint density at radius 2 is 1.71 bits per heavy atom. The molecule has 0 aromatic heterocycles. The molecule has 2 amide bonds. The number of amides is 2. The fourth-order valence-corrected chi connectivity index (χ4v) is 1.34. The van der Waals surface area contributed by atoms with Gasteiger partial charge >= 0.3 is 0 Å². The minimum absolute atomic E-state index is 0.0488. The molecule has 0 radical (unpaired) electrons. The molecule has 1 aliphatic heterocycles. The van der Waals surface area contributed by atoms with Gasteiger partial charge in [0.25, 0.3) is 0 Å². The monoisotopic (exact) mass is 193 g/mol. The fraction of sp³-hybridized carbons (Fsp3) is 0.636. The van der Waals surface area contributed by atoms with Crippen molar-refractivity contribution in [1.29, 1.82) is 0 Å². The van der Waals surface area contributed by atoms with E-state index in [1.54, 1.807) is 0 Å². The Hall–Kier alpha value is -1.30. The van der Waals surface area contributed by atoms with Crippen LogP contribution < -0.4 is 0 Å². The molecule has 0 aromatic carbocycles. The number of likely N-dealkylation sites (tertiary alicyclic amines) is 1. The first-order valence-corrected chi connectivity index (χ1v) is 5.04. The van der Waals surface area contributed by atoms with Gasteiger partial charge in [0, 0.05) is 32.2 Å². The molecule has 3 nitrogen and oxygen atoms in total. The van der Waals surface area contributed by atoms with Crippen LogP contribution in [0.25, 0.3) is 0 Å². The van der Waals surface area contributed by atoms with Crippen LogP contribution in [0.15, 0.2) is 0 Å². The molecule has 0 spiro atoms. The Labute approximate surface area is 84.5 Å². The lowest BCUT2D eigenvalue weighted by Crippen LogP contribution is -2.29. The summed E-state index contributed by atoms with van der Waals surface area (Å²) in [7, 11) is 0. The van der Waals surface area contributed by atoms with Gasteiger partial charge in [0.15, 0.2) is 0 Å². The molecule has 1 rings (SSSR count). The molecule has 0 aliphatic carbocycles. The normalized spacial score (nSPS) is 15.6. The van der Waals surface area contributed by atoms with Crippen molar-refractivity contribution in [2.24, 2.45) is 0 Å². The van der Waals surface area contributed by atoms with Gasteiger partial charge in [-0.3, -0.25) is 14.5 Å². The highest BCUT2D eigenvalue weighted by molar-refractivity contribution is 6.01. The van der Waals surface area contributed by atoms with E-state index in [9.17, 15) is 9.59 Å². The molecule has 3 heteroatoms. The van der Waals surface area contributed by atoms with Crippen LogP contribution >= 0.6 is 0 Å². The molecule has 1 fully saturated rings. The highest BCUT2D eigenvalue weighted by atomic mass is 16.2. The minimum Gasteiger partial charge on any atom is -0.282 e. The van der Waals surface area contributed by atoms with Gasteiger partial charge in [-0.1, -0.05) is 6.92 Å². The van der Waals surface area contributed by atoms with Crippen LogP contribution in [0.1, 0.15) is 39.0 Å². The maximum Gasteiger partial charge on any atom is 0.229 e. The van der Waals surface area contributed by atoms with Crippen LogP contribution in [0.2, 0.25) is 0 Å². The lowest BCUT2D eigenvalue weighted by atomic mass is 10.3. The topological polar surface area (TPSA) is 37.4 Å². The van der Waals surface area contributed by atoms with E-state index in [4.69, 9.17) is 0 Å². The van der Waals surface area contributed by atoms with E-state index >= 15 is 0 Å². The predicted molar refractivity (Wildman–Crippen MR) is 53.3 cm³/mol. The Kier molecular flexibility index (Phi) is 4.18. The van der Waals surface area contributed by atoms with Gasteiger partial charge in [-0.25, -0.2) is 0 Å². The Morgan fingerprint density at radius 1 is 1.14 bits per heavy atom. The maximum absolute atomic E-state index is 11.2. The number of nitrogens with zero attached hydrogens (tertiary/aromatic N) is 1. The summed E-state index contributed by atoms with van der Waals surface area (Å²) in [5, 5.41) is 0. The minimum atomic E-state index is -0.0488. The zero-order valence-electron chi connectivity index (χ0n) is 8.51. The van der Waals surface area contributed by atoms with Crippen LogP contribution in [0.3, 0.4) is 0 Å². The van der Waals surface area contributed by atoms with E-state index in [2.05, 4.69) is 18.8 Å². The molecular formula is C11H15NO2. The summed E-state index contributed by atoms with van der Waals surface area (Å²) in [6, 6.07) is 0. The van der Waals surface area contributed by atoms with Gasteiger partial charge in [-0.15, -0.1) is 11.8 Å². The van der Waals surface area contributed by atoms with E-state index in [0.717, 1.165) is 12.8 Å². The predicted octanol–water partition coefficient (Wildman–Crippen LogP) is 1.33. The molecule has 1 aliphatic rings. The van der Waals surface area contributed by atoms with Crippen LogP contribution in [0.4, 0.5) is 0 Å². The molecule has 0 saturated carbocycles. The Balaban J connectivity index is 2.28. The maximum atomic E-state index is 11.2. The van der Waals surface area contributed by atoms with Crippen LogP contribution in [-0.4, -0.2) is 23.3 Å². The molecule has 76 valence electrons. The van der Waals surface area contributed by atoms with Gasteiger partial charge < -0.3 is 0 Å². The van der Waals surface area contributed by atoms with Gasteiger partial charge in [0.05, 0.1) is 0 Å². The first-order valence-electron chi connectivity index (χ1n) is 5.04. The zero-order chi connectivity index (χ0) is 10.4. The largest absolute Gasteiger partial charge is 0.282 e. The molecule has 14 heavy (non-hydrogen) atoms. The second-order valence-corrected chi connectivity index (χ2v) is 3.29.